The van der Waals surface area contributed by atoms with Crippen LogP contribution in [0.3, 0.4) is 0 Å². The predicted molar refractivity (Wildman–Crippen MR) is 89.6 cm³/mol. The van der Waals surface area contributed by atoms with Gasteiger partial charge >= 0.3 is 35.4 Å². The van der Waals surface area contributed by atoms with E-state index in [1.807, 2.05) is 0 Å². The molecule has 0 heterocycles. The Morgan fingerprint density at radius 2 is 0.741 bits per heavy atom. The molecule has 0 radical (unpaired) electrons. The fourth-order valence-corrected chi connectivity index (χ4v) is 1.57. The van der Waals surface area contributed by atoms with E-state index in [4.69, 9.17) is 28.8 Å². The second kappa shape index (κ2) is 11.7. The average Bonchev–Trinajstić information content (AvgIpc) is 2.63. The fraction of sp³-hybridized carbons (Fsp3) is 0. The number of carbonyl (C=O) groups is 4. The Labute approximate surface area is 154 Å². The van der Waals surface area contributed by atoms with E-state index >= 15 is 0 Å². The molecule has 0 amide bonds. The molecule has 0 aliphatic rings. The van der Waals surface area contributed by atoms with Crippen molar-refractivity contribution in [1.82, 2.24) is 0 Å². The summed E-state index contributed by atoms with van der Waals surface area (Å²) in [5.41, 5.74) is -0.0744. The minimum absolute atomic E-state index is 0.0186. The highest BCUT2D eigenvalue weighted by Gasteiger charge is 2.07. The van der Waals surface area contributed by atoms with Crippen LogP contribution < -0.4 is 0 Å². The quantitative estimate of drug-likeness (QED) is 0.590. The van der Waals surface area contributed by atoms with Crippen LogP contribution in [0.5, 0.6) is 0 Å². The third-order valence-electron chi connectivity index (χ3n) is 2.71. The van der Waals surface area contributed by atoms with Gasteiger partial charge in [0.15, 0.2) is 0 Å². The van der Waals surface area contributed by atoms with Crippen LogP contribution >= 0.6 is 0 Å². The maximum Gasteiger partial charge on any atom is 0.335 e. The first kappa shape index (κ1) is 23.1. The molecule has 0 aliphatic carbocycles. The Morgan fingerprint density at radius 3 is 0.889 bits per heavy atom. The molecule has 0 atom stereocenters. The SMILES string of the molecule is O=C(O)c1cccc(C(=O)O)c1.O=C(O)c1cccc(C(=O)O)c1.O=S=O. The molecule has 0 aliphatic heterocycles. The maximum absolute atomic E-state index is 10.4. The Kier molecular flexibility index (Phi) is 9.99. The van der Waals surface area contributed by atoms with Crippen LogP contribution in [0, 0.1) is 0 Å². The van der Waals surface area contributed by atoms with Crippen LogP contribution in [0.25, 0.3) is 0 Å². The molecule has 0 saturated carbocycles. The highest BCUT2D eigenvalue weighted by atomic mass is 32.1. The van der Waals surface area contributed by atoms with Crippen LogP contribution in [0.4, 0.5) is 0 Å². The molecule has 2 rings (SSSR count). The van der Waals surface area contributed by atoms with Crippen LogP contribution in [0.1, 0.15) is 41.4 Å². The number of carboxylic acid groups (broad SMARTS) is 4. The topological polar surface area (TPSA) is 183 Å². The summed E-state index contributed by atoms with van der Waals surface area (Å²) in [4.78, 5) is 41.5. The molecule has 4 N–H and O–H groups in total. The summed E-state index contributed by atoms with van der Waals surface area (Å²) in [6, 6.07) is 10.4. The maximum atomic E-state index is 10.4. The fourth-order valence-electron chi connectivity index (χ4n) is 1.57. The standard InChI is InChI=1S/2C8H6O4.O2S/c2*9-7(10)5-2-1-3-6(4-5)8(11)12;1-3-2/h2*1-4H,(H,9,10)(H,11,12);. The first-order chi connectivity index (χ1) is 12.6. The summed E-state index contributed by atoms with van der Waals surface area (Å²) in [6.45, 7) is 0. The van der Waals surface area contributed by atoms with Gasteiger partial charge in [-0.15, -0.1) is 0 Å². The van der Waals surface area contributed by atoms with Crippen molar-refractivity contribution in [1.29, 1.82) is 0 Å². The van der Waals surface area contributed by atoms with Crippen LogP contribution in [-0.2, 0) is 11.6 Å². The third kappa shape index (κ3) is 8.69. The molecule has 0 unspecified atom stereocenters. The Hall–Kier alpha value is -3.86. The lowest BCUT2D eigenvalue weighted by Gasteiger charge is -1.95. The second-order valence-electron chi connectivity index (χ2n) is 4.45. The third-order valence-corrected chi connectivity index (χ3v) is 2.71. The lowest BCUT2D eigenvalue weighted by molar-refractivity contribution is 0.0676. The van der Waals surface area contributed by atoms with Crippen molar-refractivity contribution in [3.63, 3.8) is 0 Å². The van der Waals surface area contributed by atoms with Gasteiger partial charge in [0.1, 0.15) is 0 Å². The van der Waals surface area contributed by atoms with Crippen LogP contribution in [0.15, 0.2) is 48.5 Å². The summed E-state index contributed by atoms with van der Waals surface area (Å²) < 4.78 is 16.6. The summed E-state index contributed by atoms with van der Waals surface area (Å²) in [6.07, 6.45) is 0. The molecule has 0 spiro atoms. The molecule has 142 valence electrons. The van der Waals surface area contributed by atoms with Gasteiger partial charge in [0.05, 0.1) is 22.3 Å². The lowest BCUT2D eigenvalue weighted by atomic mass is 10.1. The number of carboxylic acids is 4. The zero-order valence-corrected chi connectivity index (χ0v) is 14.1. The summed E-state index contributed by atoms with van der Waals surface area (Å²) in [5.74, 6) is -4.51. The van der Waals surface area contributed by atoms with E-state index in [1.54, 1.807) is 0 Å². The Balaban J connectivity index is 0.000000438. The van der Waals surface area contributed by atoms with Crippen molar-refractivity contribution in [3.05, 3.63) is 70.8 Å². The Bertz CT molecular complexity index is 758. The van der Waals surface area contributed by atoms with Gasteiger partial charge in [-0.25, -0.2) is 19.2 Å². The number of hydrogen-bond donors (Lipinski definition) is 4. The van der Waals surface area contributed by atoms with Gasteiger partial charge < -0.3 is 20.4 Å². The smallest absolute Gasteiger partial charge is 0.335 e. The van der Waals surface area contributed by atoms with Crippen molar-refractivity contribution < 1.29 is 48.0 Å². The van der Waals surface area contributed by atoms with Gasteiger partial charge in [0.2, 0.25) is 0 Å². The number of benzene rings is 2. The van der Waals surface area contributed by atoms with Gasteiger partial charge in [-0.1, -0.05) is 12.1 Å². The number of aromatic carboxylic acids is 4. The van der Waals surface area contributed by atoms with Gasteiger partial charge in [0, 0.05) is 0 Å². The van der Waals surface area contributed by atoms with Gasteiger partial charge in [0.25, 0.3) is 0 Å². The minimum atomic E-state index is -1.13. The van der Waals surface area contributed by atoms with E-state index in [0.717, 1.165) is 12.1 Å². The highest BCUT2D eigenvalue weighted by Crippen LogP contribution is 2.05. The van der Waals surface area contributed by atoms with Crippen molar-refractivity contribution in [2.75, 3.05) is 0 Å². The first-order valence-corrected chi connectivity index (χ1v) is 7.35. The van der Waals surface area contributed by atoms with Gasteiger partial charge in [-0.05, 0) is 36.4 Å². The van der Waals surface area contributed by atoms with E-state index in [9.17, 15) is 19.2 Å². The molecule has 2 aromatic carbocycles. The van der Waals surface area contributed by atoms with Gasteiger partial charge in [-0.2, -0.15) is 8.42 Å². The number of rotatable bonds is 4. The molecular formula is C16H12O10S. The average molecular weight is 396 g/mol. The molecule has 11 heteroatoms. The number of hydrogen-bond acceptors (Lipinski definition) is 6. The predicted octanol–water partition coefficient (Wildman–Crippen LogP) is 1.50. The van der Waals surface area contributed by atoms with Gasteiger partial charge in [-0.3, -0.25) is 0 Å². The largest absolute Gasteiger partial charge is 0.478 e. The molecule has 27 heavy (non-hydrogen) atoms. The zero-order valence-electron chi connectivity index (χ0n) is 13.3. The van der Waals surface area contributed by atoms with E-state index in [1.165, 1.54) is 36.4 Å². The summed E-state index contributed by atoms with van der Waals surface area (Å²) >= 11 is -0.750. The molecule has 0 aromatic heterocycles. The van der Waals surface area contributed by atoms with Crippen molar-refractivity contribution in [3.8, 4) is 0 Å². The van der Waals surface area contributed by atoms with Crippen LogP contribution in [-0.4, -0.2) is 52.7 Å². The lowest BCUT2D eigenvalue weighted by Crippen LogP contribution is -2.01. The molecule has 0 saturated heterocycles. The minimum Gasteiger partial charge on any atom is -0.478 e. The van der Waals surface area contributed by atoms with Crippen molar-refractivity contribution in [2.24, 2.45) is 0 Å². The van der Waals surface area contributed by atoms with Crippen LogP contribution in [0.2, 0.25) is 0 Å². The van der Waals surface area contributed by atoms with Crippen molar-refractivity contribution >= 4 is 35.4 Å². The summed E-state index contributed by atoms with van der Waals surface area (Å²) in [5, 5.41) is 34.0. The monoisotopic (exact) mass is 396 g/mol. The second-order valence-corrected chi connectivity index (χ2v) is 4.59. The molecule has 0 bridgehead atoms. The Morgan fingerprint density at radius 1 is 0.556 bits per heavy atom. The van der Waals surface area contributed by atoms with E-state index in [0.29, 0.717) is 0 Å². The van der Waals surface area contributed by atoms with E-state index < -0.39 is 35.4 Å². The molecule has 0 fully saturated rings. The zero-order chi connectivity index (χ0) is 21.0. The van der Waals surface area contributed by atoms with E-state index in [2.05, 4.69) is 0 Å². The first-order valence-electron chi connectivity index (χ1n) is 6.69. The van der Waals surface area contributed by atoms with Crippen molar-refractivity contribution in [2.45, 2.75) is 0 Å². The molecular weight excluding hydrogens is 384 g/mol. The normalized spacial score (nSPS) is 8.74. The summed E-state index contributed by atoms with van der Waals surface area (Å²) in [7, 11) is 0. The highest BCUT2D eigenvalue weighted by molar-refractivity contribution is 7.51. The molecule has 10 nitrogen and oxygen atoms in total. The van der Waals surface area contributed by atoms with E-state index in [-0.39, 0.29) is 22.3 Å². The molecule has 2 aromatic rings.